The first-order chi connectivity index (χ1) is 11.7. The molecule has 1 aromatic rings. The summed E-state index contributed by atoms with van der Waals surface area (Å²) in [6, 6.07) is 8.55. The van der Waals surface area contributed by atoms with Gasteiger partial charge in [0.1, 0.15) is 0 Å². The molecular formula is C20H27BO3S. The van der Waals surface area contributed by atoms with E-state index < -0.39 is 10.8 Å². The molecule has 0 N–H and O–H groups in total. The van der Waals surface area contributed by atoms with E-state index in [1.165, 1.54) is 11.1 Å². The predicted octanol–water partition coefficient (Wildman–Crippen LogP) is 3.14. The van der Waals surface area contributed by atoms with Gasteiger partial charge in [-0.15, -0.1) is 0 Å². The van der Waals surface area contributed by atoms with E-state index in [9.17, 15) is 4.21 Å². The third-order valence-electron chi connectivity index (χ3n) is 6.22. The minimum absolute atomic E-state index is 0.292. The van der Waals surface area contributed by atoms with Gasteiger partial charge in [0, 0.05) is 16.0 Å². The van der Waals surface area contributed by atoms with E-state index in [1.54, 1.807) is 0 Å². The minimum Gasteiger partial charge on any atom is -0.399 e. The van der Waals surface area contributed by atoms with Crippen LogP contribution in [0.25, 0.3) is 0 Å². The van der Waals surface area contributed by atoms with Gasteiger partial charge in [0.2, 0.25) is 0 Å². The summed E-state index contributed by atoms with van der Waals surface area (Å²) in [4.78, 5) is 0. The summed E-state index contributed by atoms with van der Waals surface area (Å²) in [5, 5.41) is 0.677. The highest BCUT2D eigenvalue weighted by molar-refractivity contribution is 7.86. The average Bonchev–Trinajstić information content (AvgIpc) is 2.88. The molecule has 2 bridgehead atoms. The zero-order chi connectivity index (χ0) is 17.8. The lowest BCUT2D eigenvalue weighted by molar-refractivity contribution is 0.00578. The van der Waals surface area contributed by atoms with Gasteiger partial charge in [0.25, 0.3) is 0 Å². The monoisotopic (exact) mass is 358 g/mol. The van der Waals surface area contributed by atoms with Crippen molar-refractivity contribution in [2.45, 2.75) is 75.1 Å². The molecule has 134 valence electrons. The van der Waals surface area contributed by atoms with Crippen LogP contribution >= 0.6 is 0 Å². The molecule has 2 saturated heterocycles. The second-order valence-electron chi connectivity index (χ2n) is 8.61. The third-order valence-corrected chi connectivity index (χ3v) is 8.25. The molecule has 4 rings (SSSR count). The Morgan fingerprint density at radius 3 is 2.56 bits per heavy atom. The third kappa shape index (κ3) is 3.15. The zero-order valence-electron chi connectivity index (χ0n) is 15.6. The van der Waals surface area contributed by atoms with E-state index in [1.807, 2.05) is 0 Å². The van der Waals surface area contributed by atoms with Crippen molar-refractivity contribution in [2.75, 3.05) is 0 Å². The first kappa shape index (κ1) is 17.5. The van der Waals surface area contributed by atoms with Gasteiger partial charge in [-0.05, 0) is 64.4 Å². The Kier molecular flexibility index (Phi) is 4.25. The fourth-order valence-electron chi connectivity index (χ4n) is 4.01. The first-order valence-corrected chi connectivity index (χ1v) is 10.6. The number of rotatable bonds is 3. The lowest BCUT2D eigenvalue weighted by atomic mass is 9.78. The smallest absolute Gasteiger partial charge is 0.399 e. The highest BCUT2D eigenvalue weighted by Gasteiger charge is 2.51. The molecule has 0 spiro atoms. The maximum atomic E-state index is 12.2. The van der Waals surface area contributed by atoms with Crippen molar-refractivity contribution in [2.24, 2.45) is 0 Å². The summed E-state index contributed by atoms with van der Waals surface area (Å²) < 4.78 is 24.5. The Hall–Kier alpha value is -0.905. The average molecular weight is 358 g/mol. The highest BCUT2D eigenvalue weighted by Crippen LogP contribution is 2.37. The van der Waals surface area contributed by atoms with Crippen LogP contribution in [-0.2, 0) is 26.5 Å². The van der Waals surface area contributed by atoms with Gasteiger partial charge in [0.05, 0.1) is 16.5 Å². The van der Waals surface area contributed by atoms with E-state index in [2.05, 4.69) is 58.0 Å². The molecule has 0 saturated carbocycles. The van der Waals surface area contributed by atoms with Crippen molar-refractivity contribution in [3.63, 3.8) is 0 Å². The molecule has 5 heteroatoms. The molecule has 25 heavy (non-hydrogen) atoms. The van der Waals surface area contributed by atoms with Gasteiger partial charge in [-0.25, -0.2) is 0 Å². The molecule has 1 aromatic carbocycles. The molecule has 3 nitrogen and oxygen atoms in total. The van der Waals surface area contributed by atoms with Crippen LogP contribution in [0.5, 0.6) is 0 Å². The summed E-state index contributed by atoms with van der Waals surface area (Å²) in [7, 11) is -0.949. The fraction of sp³-hybridized carbons (Fsp3) is 0.600. The first-order valence-electron chi connectivity index (χ1n) is 9.29. The molecule has 0 radical (unpaired) electrons. The van der Waals surface area contributed by atoms with Crippen LogP contribution in [0.15, 0.2) is 35.9 Å². The Morgan fingerprint density at radius 2 is 1.88 bits per heavy atom. The molecule has 3 aliphatic heterocycles. The number of hydrogen-bond acceptors (Lipinski definition) is 3. The van der Waals surface area contributed by atoms with Crippen molar-refractivity contribution in [1.82, 2.24) is 0 Å². The molecule has 2 fully saturated rings. The molecule has 3 heterocycles. The normalized spacial score (nSPS) is 32.7. The van der Waals surface area contributed by atoms with Crippen LogP contribution < -0.4 is 5.46 Å². The Bertz CT molecular complexity index is 724. The van der Waals surface area contributed by atoms with E-state index >= 15 is 0 Å². The molecule has 0 aromatic heterocycles. The van der Waals surface area contributed by atoms with Crippen molar-refractivity contribution in [1.29, 1.82) is 0 Å². The molecule has 3 unspecified atom stereocenters. The second kappa shape index (κ2) is 6.07. The number of benzene rings is 1. The fourth-order valence-corrected chi connectivity index (χ4v) is 5.95. The lowest BCUT2D eigenvalue weighted by Crippen LogP contribution is -2.41. The van der Waals surface area contributed by atoms with Crippen LogP contribution in [0, 0.1) is 0 Å². The van der Waals surface area contributed by atoms with Gasteiger partial charge < -0.3 is 9.31 Å². The van der Waals surface area contributed by atoms with Gasteiger partial charge >= 0.3 is 7.12 Å². The number of hydrogen-bond donors (Lipinski definition) is 0. The standard InChI is InChI=1S/C20H27BO3S/c1-19(2)20(3,4)24-21(23-19)16-7-5-6-14(11-16)10-15-12-17-8-9-18(13-15)25(17)22/h5-7,11-12,17-18H,8-10,13H2,1-4H3. The maximum Gasteiger partial charge on any atom is 0.494 e. The summed E-state index contributed by atoms with van der Waals surface area (Å²) in [6.07, 6.45) is 6.42. The van der Waals surface area contributed by atoms with Gasteiger partial charge in [0.15, 0.2) is 0 Å². The Labute approximate surface area is 153 Å². The predicted molar refractivity (Wildman–Crippen MR) is 104 cm³/mol. The molecule has 0 aliphatic carbocycles. The summed E-state index contributed by atoms with van der Waals surface area (Å²) in [6.45, 7) is 8.33. The van der Waals surface area contributed by atoms with Crippen molar-refractivity contribution in [3.8, 4) is 0 Å². The quantitative estimate of drug-likeness (QED) is 0.615. The van der Waals surface area contributed by atoms with Crippen LogP contribution in [0.4, 0.5) is 0 Å². The van der Waals surface area contributed by atoms with Gasteiger partial charge in [-0.1, -0.05) is 35.9 Å². The molecular weight excluding hydrogens is 331 g/mol. The van der Waals surface area contributed by atoms with E-state index in [-0.39, 0.29) is 18.3 Å². The Balaban J connectivity index is 1.51. The van der Waals surface area contributed by atoms with Crippen LogP contribution in [0.2, 0.25) is 0 Å². The van der Waals surface area contributed by atoms with Crippen molar-refractivity contribution < 1.29 is 13.5 Å². The summed E-state index contributed by atoms with van der Waals surface area (Å²) in [5.41, 5.74) is 3.17. The SMILES string of the molecule is CC1(C)OB(c2cccc(CC3=CC4CCC(C3)S4=O)c2)OC1(C)C. The second-order valence-corrected chi connectivity index (χ2v) is 10.5. The minimum atomic E-state index is -0.637. The molecule has 3 aliphatic rings. The zero-order valence-corrected chi connectivity index (χ0v) is 16.4. The van der Waals surface area contributed by atoms with Crippen LogP contribution in [-0.4, -0.2) is 33.0 Å². The summed E-state index contributed by atoms with van der Waals surface area (Å²) in [5.74, 6) is 0. The lowest BCUT2D eigenvalue weighted by Gasteiger charge is -2.32. The van der Waals surface area contributed by atoms with Crippen LogP contribution in [0.3, 0.4) is 0 Å². The van der Waals surface area contributed by atoms with Gasteiger partial charge in [-0.3, -0.25) is 4.21 Å². The topological polar surface area (TPSA) is 35.5 Å². The largest absolute Gasteiger partial charge is 0.494 e. The highest BCUT2D eigenvalue weighted by atomic mass is 32.2. The Morgan fingerprint density at radius 1 is 1.16 bits per heavy atom. The maximum absolute atomic E-state index is 12.2. The van der Waals surface area contributed by atoms with Crippen LogP contribution in [0.1, 0.15) is 52.5 Å². The number of allylic oxidation sites excluding steroid dienone is 1. The summed E-state index contributed by atoms with van der Waals surface area (Å²) >= 11 is 0. The number of fused-ring (bicyclic) bond motifs is 2. The van der Waals surface area contributed by atoms with Crippen molar-refractivity contribution >= 4 is 23.4 Å². The van der Waals surface area contributed by atoms with Crippen molar-refractivity contribution in [3.05, 3.63) is 41.5 Å². The van der Waals surface area contributed by atoms with E-state index in [0.29, 0.717) is 10.5 Å². The van der Waals surface area contributed by atoms with Gasteiger partial charge in [-0.2, -0.15) is 0 Å². The molecule has 0 amide bonds. The van der Waals surface area contributed by atoms with E-state index in [4.69, 9.17) is 9.31 Å². The molecule has 3 atom stereocenters. The van der Waals surface area contributed by atoms with E-state index in [0.717, 1.165) is 31.1 Å².